The van der Waals surface area contributed by atoms with Crippen LogP contribution in [0.4, 0.5) is 0 Å². The van der Waals surface area contributed by atoms with Gasteiger partial charge in [0.05, 0.1) is 0 Å². The molecule has 0 aliphatic heterocycles. The summed E-state index contributed by atoms with van der Waals surface area (Å²) in [5.41, 5.74) is 5.29. The molecule has 0 aliphatic rings. The molecule has 0 unspecified atom stereocenters. The van der Waals surface area contributed by atoms with Crippen molar-refractivity contribution in [1.29, 1.82) is 0 Å². The van der Waals surface area contributed by atoms with E-state index in [1.807, 2.05) is 6.55 Å². The summed E-state index contributed by atoms with van der Waals surface area (Å²) >= 11 is 11.7. The number of rotatable bonds is 4. The summed E-state index contributed by atoms with van der Waals surface area (Å²) in [5.74, 6) is 0. The zero-order valence-corrected chi connectivity index (χ0v) is 8.17. The van der Waals surface area contributed by atoms with Gasteiger partial charge in [-0.1, -0.05) is 6.42 Å². The molecular weight excluding hydrogens is 173 g/mol. The molecule has 0 saturated heterocycles. The van der Waals surface area contributed by atoms with Gasteiger partial charge in [0.1, 0.15) is 0 Å². The lowest BCUT2D eigenvalue weighted by Gasteiger charge is -2.07. The zero-order chi connectivity index (χ0) is 7.33. The predicted octanol–water partition coefficient (Wildman–Crippen LogP) is 2.27. The van der Waals surface area contributed by atoms with E-state index in [0.717, 1.165) is 25.4 Å². The van der Waals surface area contributed by atoms with Gasteiger partial charge in [0, 0.05) is 0 Å². The number of unbranched alkanes of at least 4 members (excludes halogenated alkanes) is 1. The first-order valence-electron chi connectivity index (χ1n) is 3.14. The highest BCUT2D eigenvalue weighted by Gasteiger charge is 2.18. The Balaban J connectivity index is 3.07. The van der Waals surface area contributed by atoms with Crippen LogP contribution in [0.1, 0.15) is 12.8 Å². The predicted molar refractivity (Wildman–Crippen MR) is 46.4 cm³/mol. The SMILES string of the molecule is C[Si](Cl)(Cl)CCCCN. The Morgan fingerprint density at radius 1 is 1.33 bits per heavy atom. The van der Waals surface area contributed by atoms with E-state index in [9.17, 15) is 0 Å². The average molecular weight is 186 g/mol. The van der Waals surface area contributed by atoms with Gasteiger partial charge in [-0.3, -0.25) is 0 Å². The molecule has 0 spiro atoms. The van der Waals surface area contributed by atoms with Crippen molar-refractivity contribution in [2.45, 2.75) is 25.4 Å². The van der Waals surface area contributed by atoms with Gasteiger partial charge in [-0.25, -0.2) is 0 Å². The highest BCUT2D eigenvalue weighted by Crippen LogP contribution is 2.21. The van der Waals surface area contributed by atoms with Crippen molar-refractivity contribution in [3.8, 4) is 0 Å². The smallest absolute Gasteiger partial charge is 0.248 e. The van der Waals surface area contributed by atoms with E-state index in [4.69, 9.17) is 27.9 Å². The van der Waals surface area contributed by atoms with Crippen LogP contribution >= 0.6 is 22.2 Å². The van der Waals surface area contributed by atoms with E-state index in [1.54, 1.807) is 0 Å². The van der Waals surface area contributed by atoms with E-state index < -0.39 is 6.69 Å². The highest BCUT2D eigenvalue weighted by atomic mass is 35.7. The van der Waals surface area contributed by atoms with Crippen molar-refractivity contribution in [2.24, 2.45) is 5.73 Å². The van der Waals surface area contributed by atoms with Gasteiger partial charge >= 0.3 is 0 Å². The Labute approximate surface area is 66.9 Å². The van der Waals surface area contributed by atoms with E-state index in [1.165, 1.54) is 0 Å². The van der Waals surface area contributed by atoms with Crippen LogP contribution in [0.15, 0.2) is 0 Å². The molecule has 0 aromatic heterocycles. The topological polar surface area (TPSA) is 26.0 Å². The molecule has 9 heavy (non-hydrogen) atoms. The minimum Gasteiger partial charge on any atom is -0.330 e. The molecule has 0 radical (unpaired) electrons. The normalized spacial score (nSPS) is 12.0. The quantitative estimate of drug-likeness (QED) is 0.407. The monoisotopic (exact) mass is 185 g/mol. The first kappa shape index (κ1) is 9.76. The van der Waals surface area contributed by atoms with Crippen molar-refractivity contribution < 1.29 is 0 Å². The third-order valence-corrected chi connectivity index (χ3v) is 3.44. The van der Waals surface area contributed by atoms with Crippen LogP contribution in [-0.2, 0) is 0 Å². The van der Waals surface area contributed by atoms with E-state index in [2.05, 4.69) is 0 Å². The first-order chi connectivity index (χ1) is 4.06. The Morgan fingerprint density at radius 2 is 1.89 bits per heavy atom. The molecule has 0 bridgehead atoms. The fourth-order valence-corrected chi connectivity index (χ4v) is 2.25. The van der Waals surface area contributed by atoms with Gasteiger partial charge in [0.25, 0.3) is 0 Å². The molecule has 56 valence electrons. The molecule has 1 nitrogen and oxygen atoms in total. The van der Waals surface area contributed by atoms with Crippen LogP contribution in [-0.4, -0.2) is 13.2 Å². The molecule has 0 saturated carbocycles. The maximum absolute atomic E-state index is 5.83. The van der Waals surface area contributed by atoms with E-state index >= 15 is 0 Å². The summed E-state index contributed by atoms with van der Waals surface area (Å²) < 4.78 is 0. The lowest BCUT2D eigenvalue weighted by atomic mass is 10.3. The lowest BCUT2D eigenvalue weighted by Crippen LogP contribution is -2.12. The van der Waals surface area contributed by atoms with Gasteiger partial charge in [-0.05, 0) is 25.6 Å². The second kappa shape index (κ2) is 4.55. The van der Waals surface area contributed by atoms with Crippen LogP contribution in [0.25, 0.3) is 0 Å². The third-order valence-electron chi connectivity index (χ3n) is 1.07. The Kier molecular flexibility index (Phi) is 4.94. The summed E-state index contributed by atoms with van der Waals surface area (Å²) in [6.07, 6.45) is 2.12. The standard InChI is InChI=1S/C5H13Cl2NSi/c1-9(6,7)5-3-2-4-8/h2-5,8H2,1H3. The minimum atomic E-state index is -1.81. The van der Waals surface area contributed by atoms with Crippen LogP contribution in [0, 0.1) is 0 Å². The van der Waals surface area contributed by atoms with Gasteiger partial charge in [0.15, 0.2) is 0 Å². The second-order valence-electron chi connectivity index (χ2n) is 2.32. The molecule has 0 aromatic carbocycles. The molecule has 0 aliphatic carbocycles. The Hall–Kier alpha value is 0.757. The number of nitrogens with two attached hydrogens (primary N) is 1. The molecule has 2 N–H and O–H groups in total. The lowest BCUT2D eigenvalue weighted by molar-refractivity contribution is 0.801. The summed E-state index contributed by atoms with van der Waals surface area (Å²) in [4.78, 5) is 0. The van der Waals surface area contributed by atoms with Crippen molar-refractivity contribution >= 4 is 28.9 Å². The number of halogens is 2. The zero-order valence-electron chi connectivity index (χ0n) is 5.66. The van der Waals surface area contributed by atoms with Crippen LogP contribution in [0.5, 0.6) is 0 Å². The van der Waals surface area contributed by atoms with Crippen molar-refractivity contribution in [1.82, 2.24) is 0 Å². The molecule has 0 aromatic rings. The van der Waals surface area contributed by atoms with Gasteiger partial charge < -0.3 is 5.73 Å². The third kappa shape index (κ3) is 8.76. The summed E-state index contributed by atoms with van der Waals surface area (Å²) in [7, 11) is 0. The maximum atomic E-state index is 5.83. The van der Waals surface area contributed by atoms with Gasteiger partial charge in [-0.2, -0.15) is 0 Å². The molecule has 0 heterocycles. The largest absolute Gasteiger partial charge is 0.330 e. The van der Waals surface area contributed by atoms with Crippen molar-refractivity contribution in [2.75, 3.05) is 6.54 Å². The Bertz CT molecular complexity index is 71.8. The number of hydrogen-bond acceptors (Lipinski definition) is 1. The molecule has 4 heteroatoms. The van der Waals surface area contributed by atoms with Crippen LogP contribution < -0.4 is 5.73 Å². The molecule has 0 atom stereocenters. The van der Waals surface area contributed by atoms with Crippen molar-refractivity contribution in [3.63, 3.8) is 0 Å². The molecule has 0 rings (SSSR count). The van der Waals surface area contributed by atoms with Crippen LogP contribution in [0.3, 0.4) is 0 Å². The van der Waals surface area contributed by atoms with Gasteiger partial charge in [-0.15, -0.1) is 22.2 Å². The summed E-state index contributed by atoms with van der Waals surface area (Å²) in [6.45, 7) is 0.880. The highest BCUT2D eigenvalue weighted by molar-refractivity contribution is 7.44. The van der Waals surface area contributed by atoms with Gasteiger partial charge in [0.2, 0.25) is 6.69 Å². The van der Waals surface area contributed by atoms with Crippen molar-refractivity contribution in [3.05, 3.63) is 0 Å². The summed E-state index contributed by atoms with van der Waals surface area (Å²) in [6, 6.07) is 0.966. The fraction of sp³-hybridized carbons (Fsp3) is 1.00. The summed E-state index contributed by atoms with van der Waals surface area (Å²) in [5, 5.41) is 0. The van der Waals surface area contributed by atoms with E-state index in [-0.39, 0.29) is 0 Å². The fourth-order valence-electron chi connectivity index (χ4n) is 0.580. The molecular formula is C5H13Cl2NSi. The first-order valence-corrected chi connectivity index (χ1v) is 7.87. The maximum Gasteiger partial charge on any atom is 0.248 e. The van der Waals surface area contributed by atoms with E-state index in [0.29, 0.717) is 0 Å². The molecule has 0 amide bonds. The average Bonchev–Trinajstić information content (AvgIpc) is 1.63. The number of hydrogen-bond donors (Lipinski definition) is 1. The molecule has 0 fully saturated rings. The Morgan fingerprint density at radius 3 is 2.22 bits per heavy atom. The minimum absolute atomic E-state index is 0.748. The van der Waals surface area contributed by atoms with Crippen LogP contribution in [0.2, 0.25) is 12.6 Å². The second-order valence-corrected chi connectivity index (χ2v) is 10.5.